The molecule has 5 nitrogen and oxygen atoms in total. The van der Waals surface area contributed by atoms with Crippen LogP contribution in [-0.2, 0) is 0 Å². The summed E-state index contributed by atoms with van der Waals surface area (Å²) in [6.07, 6.45) is 2.94. The van der Waals surface area contributed by atoms with Crippen LogP contribution in [0.4, 0.5) is 5.82 Å². The van der Waals surface area contributed by atoms with Crippen LogP contribution in [0.3, 0.4) is 0 Å². The Morgan fingerprint density at radius 1 is 1.41 bits per heavy atom. The number of nitrogens with zero attached hydrogens (tertiary/aromatic N) is 1. The predicted octanol–water partition coefficient (Wildman–Crippen LogP) is 0.550. The number of carboxylic acids is 1. The fraction of sp³-hybridized carbons (Fsp3) is 0.500. The third-order valence-corrected chi connectivity index (χ3v) is 3.22. The van der Waals surface area contributed by atoms with Crippen LogP contribution in [0, 0.1) is 0 Å². The Labute approximate surface area is 99.7 Å². The summed E-state index contributed by atoms with van der Waals surface area (Å²) >= 11 is 0. The molecular weight excluding hydrogens is 220 g/mol. The van der Waals surface area contributed by atoms with Crippen molar-refractivity contribution >= 4 is 11.8 Å². The quantitative estimate of drug-likeness (QED) is 0.787. The standard InChI is InChI=1S/C12H16N2O3/c1-12(17)4-6-14(7-5-12)10-3-2-9(8-13-10)11(15)16/h2-3,8,17H,4-7H2,1H3,(H,15,16)/p+1. The lowest BCUT2D eigenvalue weighted by atomic mass is 9.94. The van der Waals surface area contributed by atoms with Gasteiger partial charge in [-0.3, -0.25) is 4.90 Å². The highest BCUT2D eigenvalue weighted by atomic mass is 16.4. The van der Waals surface area contributed by atoms with Crippen LogP contribution in [0.25, 0.3) is 0 Å². The molecule has 0 aliphatic carbocycles. The Balaban J connectivity index is 2.06. The molecule has 92 valence electrons. The number of rotatable bonds is 2. The predicted molar refractivity (Wildman–Crippen MR) is 62.0 cm³/mol. The number of carboxylic acid groups (broad SMARTS) is 1. The molecular formula is C12H17N2O3+. The number of nitrogens with one attached hydrogen (secondary N) is 1. The van der Waals surface area contributed by atoms with E-state index >= 15 is 0 Å². The Morgan fingerprint density at radius 2 is 2.06 bits per heavy atom. The summed E-state index contributed by atoms with van der Waals surface area (Å²) in [4.78, 5) is 15.8. The van der Waals surface area contributed by atoms with Gasteiger partial charge in [-0.25, -0.2) is 9.78 Å². The van der Waals surface area contributed by atoms with Crippen LogP contribution in [-0.4, -0.2) is 34.9 Å². The lowest BCUT2D eigenvalue weighted by Gasteiger charge is -2.31. The average molecular weight is 237 g/mol. The second-order valence-electron chi connectivity index (χ2n) is 4.75. The molecule has 0 atom stereocenters. The van der Waals surface area contributed by atoms with Crippen molar-refractivity contribution in [3.05, 3.63) is 23.9 Å². The molecule has 1 saturated heterocycles. The van der Waals surface area contributed by atoms with Crippen molar-refractivity contribution in [1.82, 2.24) is 0 Å². The van der Waals surface area contributed by atoms with Gasteiger partial charge in [0.2, 0.25) is 0 Å². The Bertz CT molecular complexity index is 404. The highest BCUT2D eigenvalue weighted by molar-refractivity contribution is 5.86. The van der Waals surface area contributed by atoms with Gasteiger partial charge in [0.25, 0.3) is 5.82 Å². The first-order valence-electron chi connectivity index (χ1n) is 5.70. The maximum Gasteiger partial charge on any atom is 0.339 e. The molecule has 1 aliphatic heterocycles. The van der Waals surface area contributed by atoms with Gasteiger partial charge in [0.15, 0.2) is 0 Å². The lowest BCUT2D eigenvalue weighted by molar-refractivity contribution is -0.364. The molecule has 0 spiro atoms. The molecule has 0 amide bonds. The molecule has 0 bridgehead atoms. The smallest absolute Gasteiger partial charge is 0.339 e. The fourth-order valence-electron chi connectivity index (χ4n) is 1.98. The fourth-order valence-corrected chi connectivity index (χ4v) is 1.98. The van der Waals surface area contributed by atoms with E-state index in [2.05, 4.69) is 9.88 Å². The number of aromatic carboxylic acids is 1. The third-order valence-electron chi connectivity index (χ3n) is 3.22. The van der Waals surface area contributed by atoms with Crippen LogP contribution in [0.1, 0.15) is 30.1 Å². The van der Waals surface area contributed by atoms with Gasteiger partial charge in [-0.15, -0.1) is 0 Å². The van der Waals surface area contributed by atoms with E-state index in [0.717, 1.165) is 31.7 Å². The molecule has 5 heteroatoms. The average Bonchev–Trinajstić information content (AvgIpc) is 2.29. The van der Waals surface area contributed by atoms with Crippen molar-refractivity contribution in [2.24, 2.45) is 0 Å². The van der Waals surface area contributed by atoms with E-state index < -0.39 is 11.6 Å². The van der Waals surface area contributed by atoms with Crippen LogP contribution in [0.5, 0.6) is 0 Å². The van der Waals surface area contributed by atoms with Gasteiger partial charge in [0.05, 0.1) is 24.3 Å². The minimum absolute atomic E-state index is 0.248. The number of aliphatic hydroxyl groups is 1. The number of carbonyl (C=O) groups is 1. The zero-order valence-corrected chi connectivity index (χ0v) is 9.81. The van der Waals surface area contributed by atoms with Gasteiger partial charge in [-0.05, 0) is 13.0 Å². The maximum atomic E-state index is 10.7. The first-order chi connectivity index (χ1) is 7.98. The van der Waals surface area contributed by atoms with Gasteiger partial charge in [-0.1, -0.05) is 0 Å². The molecule has 1 aliphatic rings. The summed E-state index contributed by atoms with van der Waals surface area (Å²) in [5, 5.41) is 18.6. The minimum atomic E-state index is -0.936. The molecule has 0 aromatic carbocycles. The first kappa shape index (κ1) is 11.9. The molecule has 3 N–H and O–H groups in total. The first-order valence-corrected chi connectivity index (χ1v) is 5.70. The largest absolute Gasteiger partial charge is 0.478 e. The Morgan fingerprint density at radius 3 is 2.53 bits per heavy atom. The van der Waals surface area contributed by atoms with E-state index in [1.54, 1.807) is 12.1 Å². The number of hydrogen-bond donors (Lipinski definition) is 2. The van der Waals surface area contributed by atoms with Gasteiger partial charge >= 0.3 is 5.97 Å². The van der Waals surface area contributed by atoms with E-state index in [1.807, 2.05) is 6.92 Å². The van der Waals surface area contributed by atoms with Gasteiger partial charge in [0, 0.05) is 18.9 Å². The lowest BCUT2D eigenvalue weighted by Crippen LogP contribution is -2.44. The van der Waals surface area contributed by atoms with E-state index in [0.29, 0.717) is 0 Å². The number of hydrogen-bond acceptors (Lipinski definition) is 3. The Hall–Kier alpha value is -1.62. The summed E-state index contributed by atoms with van der Waals surface area (Å²) in [5.41, 5.74) is -0.324. The molecule has 0 radical (unpaired) electrons. The number of anilines is 1. The summed E-state index contributed by atoms with van der Waals surface area (Å²) < 4.78 is 0. The summed E-state index contributed by atoms with van der Waals surface area (Å²) in [6.45, 7) is 3.40. The molecule has 17 heavy (non-hydrogen) atoms. The maximum absolute atomic E-state index is 10.7. The highest BCUT2D eigenvalue weighted by Gasteiger charge is 2.31. The second-order valence-corrected chi connectivity index (χ2v) is 4.75. The van der Waals surface area contributed by atoms with Gasteiger partial charge in [0.1, 0.15) is 6.20 Å². The van der Waals surface area contributed by atoms with Gasteiger partial charge in [-0.2, -0.15) is 0 Å². The molecule has 2 heterocycles. The molecule has 1 aromatic rings. The highest BCUT2D eigenvalue weighted by Crippen LogP contribution is 2.23. The van der Waals surface area contributed by atoms with Crippen LogP contribution < -0.4 is 9.88 Å². The zero-order chi connectivity index (χ0) is 12.5. The number of piperidine rings is 1. The second kappa shape index (κ2) is 4.33. The van der Waals surface area contributed by atoms with E-state index in [-0.39, 0.29) is 5.56 Å². The van der Waals surface area contributed by atoms with Crippen molar-refractivity contribution in [1.29, 1.82) is 0 Å². The number of H-pyrrole nitrogens is 1. The van der Waals surface area contributed by atoms with Crippen molar-refractivity contribution in [3.8, 4) is 0 Å². The molecule has 0 saturated carbocycles. The molecule has 0 unspecified atom stereocenters. The van der Waals surface area contributed by atoms with E-state index in [4.69, 9.17) is 5.11 Å². The Kier molecular flexibility index (Phi) is 3.02. The van der Waals surface area contributed by atoms with Crippen LogP contribution >= 0.6 is 0 Å². The topological polar surface area (TPSA) is 74.9 Å². The summed E-state index contributed by atoms with van der Waals surface area (Å²) in [5.74, 6) is -0.0418. The van der Waals surface area contributed by atoms with E-state index in [9.17, 15) is 9.90 Å². The number of aromatic amines is 1. The van der Waals surface area contributed by atoms with Crippen LogP contribution in [0.2, 0.25) is 0 Å². The molecule has 1 aromatic heterocycles. The van der Waals surface area contributed by atoms with Gasteiger partial charge < -0.3 is 10.2 Å². The summed E-state index contributed by atoms with van der Waals surface area (Å²) in [7, 11) is 0. The SMILES string of the molecule is CC1(O)CCN(c2ccc(C(=O)O)c[nH+]2)CC1. The van der Waals surface area contributed by atoms with E-state index in [1.165, 1.54) is 6.20 Å². The molecule has 2 rings (SSSR count). The zero-order valence-electron chi connectivity index (χ0n) is 9.81. The molecule has 1 fully saturated rings. The minimum Gasteiger partial charge on any atom is -0.478 e. The number of pyridine rings is 1. The normalized spacial score (nSPS) is 19.1. The number of aromatic nitrogens is 1. The summed E-state index contributed by atoms with van der Waals surface area (Å²) in [6, 6.07) is 3.35. The monoisotopic (exact) mass is 237 g/mol. The van der Waals surface area contributed by atoms with Crippen molar-refractivity contribution in [2.75, 3.05) is 18.0 Å². The van der Waals surface area contributed by atoms with Crippen molar-refractivity contribution < 1.29 is 20.0 Å². The van der Waals surface area contributed by atoms with Crippen molar-refractivity contribution in [3.63, 3.8) is 0 Å². The van der Waals surface area contributed by atoms with Crippen LogP contribution in [0.15, 0.2) is 18.3 Å². The third kappa shape index (κ3) is 2.74. The van der Waals surface area contributed by atoms with Crippen molar-refractivity contribution in [2.45, 2.75) is 25.4 Å².